The average Bonchev–Trinajstić information content (AvgIpc) is 2.20. The van der Waals surface area contributed by atoms with Gasteiger partial charge in [0.15, 0.2) is 0 Å². The van der Waals surface area contributed by atoms with Crippen molar-refractivity contribution in [1.82, 2.24) is 0 Å². The van der Waals surface area contributed by atoms with E-state index in [1.807, 2.05) is 6.92 Å². The topological polar surface area (TPSA) is 24.7 Å². The molecule has 0 rings (SSSR count). The molecule has 3 nitrogen and oxygen atoms in total. The maximum atomic E-state index is 4.12. The Labute approximate surface area is 94.5 Å². The third-order valence-electron chi connectivity index (χ3n) is 2.45. The fraction of sp³-hybridized carbons (Fsp3) is 0.917. The van der Waals surface area contributed by atoms with E-state index in [9.17, 15) is 0 Å². The third-order valence-corrected chi connectivity index (χ3v) is 2.45. The molecular weight excluding hydrogens is 186 g/mol. The highest BCUT2D eigenvalue weighted by Gasteiger charge is 2.12. The van der Waals surface area contributed by atoms with E-state index in [4.69, 9.17) is 0 Å². The van der Waals surface area contributed by atoms with Crippen LogP contribution in [0.15, 0.2) is 9.98 Å². The molecule has 0 radical (unpaired) electrons. The van der Waals surface area contributed by atoms with Crippen LogP contribution in [0.25, 0.3) is 0 Å². The van der Waals surface area contributed by atoms with E-state index in [2.05, 4.69) is 37.0 Å². The number of rotatable bonds is 8. The molecule has 88 valence electrons. The second-order valence-electron chi connectivity index (χ2n) is 4.55. The minimum Gasteiger partial charge on any atom is -0.328 e. The van der Waals surface area contributed by atoms with Crippen molar-refractivity contribution in [3.05, 3.63) is 0 Å². The average molecular weight is 212 g/mol. The van der Waals surface area contributed by atoms with Crippen LogP contribution in [0.3, 0.4) is 0 Å². The summed E-state index contributed by atoms with van der Waals surface area (Å²) in [5.41, 5.74) is 0. The number of aliphatic imine (C=N–C) groups is 2. The predicted octanol–water partition coefficient (Wildman–Crippen LogP) is 2.45. The Morgan fingerprint density at radius 1 is 1.00 bits per heavy atom. The lowest BCUT2D eigenvalue weighted by molar-refractivity contribution is -0.890. The number of nitrogens with zero attached hydrogens (tertiary/aromatic N) is 3. The normalized spacial score (nSPS) is 10.9. The number of unbranched alkanes of at least 4 members (excludes halogenated alkanes) is 1. The first-order chi connectivity index (χ1) is 7.12. The fourth-order valence-electron chi connectivity index (χ4n) is 1.45. The van der Waals surface area contributed by atoms with E-state index in [1.165, 1.54) is 25.9 Å². The second-order valence-corrected chi connectivity index (χ2v) is 4.55. The van der Waals surface area contributed by atoms with Gasteiger partial charge in [0, 0.05) is 13.0 Å². The quantitative estimate of drug-likeness (QED) is 0.335. The Balaban J connectivity index is 3.60. The molecule has 0 fully saturated rings. The van der Waals surface area contributed by atoms with Crippen LogP contribution >= 0.6 is 0 Å². The van der Waals surface area contributed by atoms with Crippen LogP contribution < -0.4 is 0 Å². The van der Waals surface area contributed by atoms with E-state index in [-0.39, 0.29) is 0 Å². The molecule has 0 unspecified atom stereocenters. The van der Waals surface area contributed by atoms with Crippen LogP contribution in [0.4, 0.5) is 0 Å². The molecule has 15 heavy (non-hydrogen) atoms. The van der Waals surface area contributed by atoms with Crippen molar-refractivity contribution in [1.29, 1.82) is 0 Å². The summed E-state index contributed by atoms with van der Waals surface area (Å²) in [4.78, 5) is 8.05. The lowest BCUT2D eigenvalue weighted by Crippen LogP contribution is -2.41. The highest BCUT2D eigenvalue weighted by Crippen LogP contribution is 2.02. The summed E-state index contributed by atoms with van der Waals surface area (Å²) in [6.07, 6.45) is 3.72. The molecular formula is C12H26N3+. The molecule has 0 N–H and O–H groups in total. The Morgan fingerprint density at radius 3 is 2.27 bits per heavy atom. The molecule has 0 atom stereocenters. The van der Waals surface area contributed by atoms with Crippen molar-refractivity contribution in [2.45, 2.75) is 33.1 Å². The second kappa shape index (κ2) is 8.63. The third kappa shape index (κ3) is 9.64. The summed E-state index contributed by atoms with van der Waals surface area (Å²) in [5, 5.41) is 0. The maximum Gasteiger partial charge on any atom is 0.0892 e. The molecule has 0 aromatic rings. The SMILES string of the molecule is CCCC[N+](C)(C)CCCN=C=NCC. The highest BCUT2D eigenvalue weighted by molar-refractivity contribution is 5.40. The smallest absolute Gasteiger partial charge is 0.0892 e. The lowest BCUT2D eigenvalue weighted by Gasteiger charge is -2.29. The van der Waals surface area contributed by atoms with Crippen molar-refractivity contribution in [3.8, 4) is 0 Å². The first-order valence-electron chi connectivity index (χ1n) is 6.02. The number of quaternary nitrogens is 1. The van der Waals surface area contributed by atoms with E-state index in [0.717, 1.165) is 24.0 Å². The first kappa shape index (κ1) is 14.3. The van der Waals surface area contributed by atoms with Gasteiger partial charge in [0.1, 0.15) is 0 Å². The van der Waals surface area contributed by atoms with Gasteiger partial charge in [-0.05, 0) is 13.3 Å². The van der Waals surface area contributed by atoms with Crippen molar-refractivity contribution < 1.29 is 4.48 Å². The van der Waals surface area contributed by atoms with E-state index < -0.39 is 0 Å². The van der Waals surface area contributed by atoms with Gasteiger partial charge in [-0.15, -0.1) is 0 Å². The molecule has 0 saturated carbocycles. The van der Waals surface area contributed by atoms with Crippen molar-refractivity contribution in [3.63, 3.8) is 0 Å². The van der Waals surface area contributed by atoms with Crippen LogP contribution in [-0.4, -0.2) is 50.8 Å². The molecule has 0 amide bonds. The lowest BCUT2D eigenvalue weighted by atomic mass is 10.2. The Kier molecular flexibility index (Phi) is 8.25. The van der Waals surface area contributed by atoms with Crippen LogP contribution in [0, 0.1) is 0 Å². The maximum absolute atomic E-state index is 4.12. The predicted molar refractivity (Wildman–Crippen MR) is 66.6 cm³/mol. The van der Waals surface area contributed by atoms with Gasteiger partial charge in [-0.3, -0.25) is 0 Å². The number of hydrogen-bond donors (Lipinski definition) is 0. The summed E-state index contributed by atoms with van der Waals surface area (Å²) in [7, 11) is 4.58. The zero-order valence-corrected chi connectivity index (χ0v) is 10.8. The molecule has 0 aromatic carbocycles. The molecule has 0 heterocycles. The zero-order chi connectivity index (χ0) is 11.6. The van der Waals surface area contributed by atoms with Gasteiger partial charge >= 0.3 is 0 Å². The largest absolute Gasteiger partial charge is 0.328 e. The molecule has 0 aromatic heterocycles. The van der Waals surface area contributed by atoms with Gasteiger partial charge < -0.3 is 4.48 Å². The summed E-state index contributed by atoms with van der Waals surface area (Å²) >= 11 is 0. The van der Waals surface area contributed by atoms with Gasteiger partial charge in [-0.2, -0.15) is 0 Å². The molecule has 0 aliphatic carbocycles. The molecule has 0 saturated heterocycles. The van der Waals surface area contributed by atoms with E-state index >= 15 is 0 Å². The summed E-state index contributed by atoms with van der Waals surface area (Å²) in [5.74, 6) is 0. The van der Waals surface area contributed by atoms with Gasteiger partial charge in [-0.25, -0.2) is 9.98 Å². The number of hydrogen-bond acceptors (Lipinski definition) is 2. The van der Waals surface area contributed by atoms with Gasteiger partial charge in [0.2, 0.25) is 0 Å². The van der Waals surface area contributed by atoms with Crippen LogP contribution in [0.2, 0.25) is 0 Å². The Morgan fingerprint density at radius 2 is 1.67 bits per heavy atom. The highest BCUT2D eigenvalue weighted by atomic mass is 15.3. The van der Waals surface area contributed by atoms with Crippen molar-refractivity contribution >= 4 is 6.01 Å². The monoisotopic (exact) mass is 212 g/mol. The minimum atomic E-state index is 0.779. The van der Waals surface area contributed by atoms with E-state index in [1.54, 1.807) is 0 Å². The van der Waals surface area contributed by atoms with Crippen LogP contribution in [-0.2, 0) is 0 Å². The molecule has 0 aliphatic rings. The van der Waals surface area contributed by atoms with Crippen LogP contribution in [0.5, 0.6) is 0 Å². The van der Waals surface area contributed by atoms with Crippen LogP contribution in [0.1, 0.15) is 33.1 Å². The zero-order valence-electron chi connectivity index (χ0n) is 10.8. The van der Waals surface area contributed by atoms with Gasteiger partial charge in [0.05, 0.1) is 39.7 Å². The minimum absolute atomic E-state index is 0.779. The van der Waals surface area contributed by atoms with E-state index in [0.29, 0.717) is 0 Å². The Hall–Kier alpha value is -0.660. The van der Waals surface area contributed by atoms with Crippen molar-refractivity contribution in [2.75, 3.05) is 40.3 Å². The molecule has 0 spiro atoms. The van der Waals surface area contributed by atoms with Crippen molar-refractivity contribution in [2.24, 2.45) is 9.98 Å². The first-order valence-corrected chi connectivity index (χ1v) is 6.02. The van der Waals surface area contributed by atoms with Gasteiger partial charge in [0.25, 0.3) is 0 Å². The fourth-order valence-corrected chi connectivity index (χ4v) is 1.45. The molecule has 3 heteroatoms. The Bertz CT molecular complexity index is 203. The van der Waals surface area contributed by atoms with Gasteiger partial charge in [-0.1, -0.05) is 13.3 Å². The molecule has 0 aliphatic heterocycles. The molecule has 0 bridgehead atoms. The summed E-state index contributed by atoms with van der Waals surface area (Å²) in [6, 6.07) is 2.71. The summed E-state index contributed by atoms with van der Waals surface area (Å²) < 4.78 is 1.11. The summed E-state index contributed by atoms with van der Waals surface area (Å²) in [6.45, 7) is 8.33. The standard InChI is InChI=1S/C12H26N3/c1-5-7-10-15(3,4)11-8-9-14-12-13-6-2/h5-11H2,1-4H3/q+1.